The lowest BCUT2D eigenvalue weighted by Gasteiger charge is -2.29. The Balaban J connectivity index is 3.07. The molecule has 1 amide bonds. The van der Waals surface area contributed by atoms with E-state index in [1.54, 1.807) is 0 Å². The van der Waals surface area contributed by atoms with Crippen LogP contribution in [0.3, 0.4) is 0 Å². The minimum atomic E-state index is 0.140. The van der Waals surface area contributed by atoms with Crippen LogP contribution in [0.4, 0.5) is 5.69 Å². The third kappa shape index (κ3) is 3.99. The molecule has 112 valence electrons. The minimum Gasteiger partial charge on any atom is -0.387 e. The smallest absolute Gasteiger partial charge is 0.256 e. The Morgan fingerprint density at radius 1 is 1.35 bits per heavy atom. The molecule has 0 aliphatic heterocycles. The van der Waals surface area contributed by atoms with Crippen molar-refractivity contribution in [1.29, 1.82) is 0 Å². The van der Waals surface area contributed by atoms with E-state index in [4.69, 9.17) is 0 Å². The molecule has 0 aromatic heterocycles. The zero-order valence-electron chi connectivity index (χ0n) is 13.5. The van der Waals surface area contributed by atoms with E-state index in [1.165, 1.54) is 0 Å². The summed E-state index contributed by atoms with van der Waals surface area (Å²) in [6, 6.07) is 6.27. The second kappa shape index (κ2) is 7.93. The first-order valence-corrected chi connectivity index (χ1v) is 7.64. The summed E-state index contributed by atoms with van der Waals surface area (Å²) in [7, 11) is 1.86. The predicted molar refractivity (Wildman–Crippen MR) is 86.4 cm³/mol. The maximum absolute atomic E-state index is 12.9. The first kappa shape index (κ1) is 16.5. The summed E-state index contributed by atoms with van der Waals surface area (Å²) in [6.45, 7) is 9.27. The highest BCUT2D eigenvalue weighted by Crippen LogP contribution is 2.21. The Bertz CT molecular complexity index is 443. The van der Waals surface area contributed by atoms with Crippen molar-refractivity contribution in [3.05, 3.63) is 29.3 Å². The third-order valence-corrected chi connectivity index (χ3v) is 3.81. The standard InChI is InChI=1S/C17H28N2O/c1-6-8-11-19(14(4)7-2)17(20)15-12-13(3)9-10-16(15)18-5/h9-10,12,14,18H,6-8,11H2,1-5H3. The summed E-state index contributed by atoms with van der Waals surface area (Å²) in [4.78, 5) is 14.9. The van der Waals surface area contributed by atoms with Gasteiger partial charge < -0.3 is 10.2 Å². The fourth-order valence-electron chi connectivity index (χ4n) is 2.28. The molecule has 1 aromatic rings. The van der Waals surface area contributed by atoms with E-state index in [9.17, 15) is 4.79 Å². The van der Waals surface area contributed by atoms with Crippen molar-refractivity contribution in [2.45, 2.75) is 53.0 Å². The van der Waals surface area contributed by atoms with Gasteiger partial charge in [-0.05, 0) is 38.8 Å². The largest absolute Gasteiger partial charge is 0.387 e. The lowest BCUT2D eigenvalue weighted by atomic mass is 10.1. The van der Waals surface area contributed by atoms with Gasteiger partial charge in [-0.15, -0.1) is 0 Å². The molecular formula is C17H28N2O. The van der Waals surface area contributed by atoms with E-state index in [0.717, 1.165) is 42.6 Å². The van der Waals surface area contributed by atoms with Crippen molar-refractivity contribution in [2.75, 3.05) is 18.9 Å². The summed E-state index contributed by atoms with van der Waals surface area (Å²) >= 11 is 0. The number of nitrogens with one attached hydrogen (secondary N) is 1. The van der Waals surface area contributed by atoms with Gasteiger partial charge in [0.05, 0.1) is 5.56 Å². The van der Waals surface area contributed by atoms with Crippen molar-refractivity contribution in [3.8, 4) is 0 Å². The first-order chi connectivity index (χ1) is 9.54. The number of carbonyl (C=O) groups excluding carboxylic acids is 1. The fraction of sp³-hybridized carbons (Fsp3) is 0.588. The van der Waals surface area contributed by atoms with Crippen molar-refractivity contribution in [1.82, 2.24) is 4.90 Å². The lowest BCUT2D eigenvalue weighted by molar-refractivity contribution is 0.0686. The van der Waals surface area contributed by atoms with Gasteiger partial charge in [0.15, 0.2) is 0 Å². The Kier molecular flexibility index (Phi) is 6.56. The number of amides is 1. The first-order valence-electron chi connectivity index (χ1n) is 7.64. The number of aryl methyl sites for hydroxylation is 1. The summed E-state index contributed by atoms with van der Waals surface area (Å²) in [5.74, 6) is 0.140. The van der Waals surface area contributed by atoms with Gasteiger partial charge in [0.25, 0.3) is 5.91 Å². The SMILES string of the molecule is CCCCN(C(=O)c1cc(C)ccc1NC)C(C)CC. The van der Waals surface area contributed by atoms with Crippen LogP contribution < -0.4 is 5.32 Å². The Labute approximate surface area is 123 Å². The van der Waals surface area contributed by atoms with E-state index in [1.807, 2.05) is 37.1 Å². The molecule has 0 fully saturated rings. The van der Waals surface area contributed by atoms with Gasteiger partial charge in [0.1, 0.15) is 0 Å². The highest BCUT2D eigenvalue weighted by atomic mass is 16.2. The molecule has 0 aliphatic rings. The summed E-state index contributed by atoms with van der Waals surface area (Å²) < 4.78 is 0. The van der Waals surface area contributed by atoms with Crippen LogP contribution in [0.1, 0.15) is 56.0 Å². The Morgan fingerprint density at radius 3 is 2.60 bits per heavy atom. The van der Waals surface area contributed by atoms with Crippen molar-refractivity contribution in [3.63, 3.8) is 0 Å². The molecule has 0 aliphatic carbocycles. The van der Waals surface area contributed by atoms with Crippen LogP contribution in [0, 0.1) is 6.92 Å². The molecule has 1 unspecified atom stereocenters. The Morgan fingerprint density at radius 2 is 2.05 bits per heavy atom. The van der Waals surface area contributed by atoms with E-state index < -0.39 is 0 Å². The van der Waals surface area contributed by atoms with Crippen LogP contribution in [-0.4, -0.2) is 30.4 Å². The zero-order chi connectivity index (χ0) is 15.1. The number of carbonyl (C=O) groups is 1. The molecular weight excluding hydrogens is 248 g/mol. The molecule has 0 radical (unpaired) electrons. The quantitative estimate of drug-likeness (QED) is 0.814. The van der Waals surface area contributed by atoms with Crippen LogP contribution >= 0.6 is 0 Å². The molecule has 20 heavy (non-hydrogen) atoms. The maximum Gasteiger partial charge on any atom is 0.256 e. The summed E-state index contributed by atoms with van der Waals surface area (Å²) in [5, 5.41) is 3.12. The lowest BCUT2D eigenvalue weighted by Crippen LogP contribution is -2.39. The molecule has 0 heterocycles. The normalized spacial score (nSPS) is 12.1. The monoisotopic (exact) mass is 276 g/mol. The average molecular weight is 276 g/mol. The van der Waals surface area contributed by atoms with Crippen LogP contribution in [0.2, 0.25) is 0 Å². The van der Waals surface area contributed by atoms with Gasteiger partial charge in [-0.1, -0.05) is 31.9 Å². The molecule has 0 spiro atoms. The van der Waals surface area contributed by atoms with Gasteiger partial charge in [0, 0.05) is 25.3 Å². The minimum absolute atomic E-state index is 0.140. The van der Waals surface area contributed by atoms with Crippen LogP contribution in [0.15, 0.2) is 18.2 Å². The number of benzene rings is 1. The molecule has 3 nitrogen and oxygen atoms in total. The van der Waals surface area contributed by atoms with Crippen molar-refractivity contribution < 1.29 is 4.79 Å². The number of nitrogens with zero attached hydrogens (tertiary/aromatic N) is 1. The number of hydrogen-bond donors (Lipinski definition) is 1. The average Bonchev–Trinajstić information content (AvgIpc) is 2.46. The molecule has 0 bridgehead atoms. The van der Waals surface area contributed by atoms with E-state index >= 15 is 0 Å². The fourth-order valence-corrected chi connectivity index (χ4v) is 2.28. The summed E-state index contributed by atoms with van der Waals surface area (Å²) in [6.07, 6.45) is 3.14. The Hall–Kier alpha value is -1.51. The molecule has 1 rings (SSSR count). The highest BCUT2D eigenvalue weighted by Gasteiger charge is 2.22. The summed E-state index contributed by atoms with van der Waals surface area (Å²) in [5.41, 5.74) is 2.81. The number of unbranched alkanes of at least 4 members (excludes halogenated alkanes) is 1. The van der Waals surface area contributed by atoms with Crippen LogP contribution in [0.25, 0.3) is 0 Å². The van der Waals surface area contributed by atoms with Gasteiger partial charge >= 0.3 is 0 Å². The topological polar surface area (TPSA) is 32.3 Å². The molecule has 1 aromatic carbocycles. The van der Waals surface area contributed by atoms with E-state index in [0.29, 0.717) is 0 Å². The number of anilines is 1. The van der Waals surface area contributed by atoms with Crippen molar-refractivity contribution >= 4 is 11.6 Å². The molecule has 0 saturated carbocycles. The van der Waals surface area contributed by atoms with Crippen LogP contribution in [-0.2, 0) is 0 Å². The second-order valence-electron chi connectivity index (χ2n) is 5.41. The predicted octanol–water partition coefficient (Wildman–Crippen LogP) is 4.08. The maximum atomic E-state index is 12.9. The van der Waals surface area contributed by atoms with Crippen LogP contribution in [0.5, 0.6) is 0 Å². The van der Waals surface area contributed by atoms with Gasteiger partial charge in [0.2, 0.25) is 0 Å². The van der Waals surface area contributed by atoms with E-state index in [-0.39, 0.29) is 11.9 Å². The number of rotatable bonds is 7. The zero-order valence-corrected chi connectivity index (χ0v) is 13.5. The van der Waals surface area contributed by atoms with Crippen molar-refractivity contribution in [2.24, 2.45) is 0 Å². The van der Waals surface area contributed by atoms with Gasteiger partial charge in [-0.2, -0.15) is 0 Å². The molecule has 3 heteroatoms. The van der Waals surface area contributed by atoms with E-state index in [2.05, 4.69) is 26.1 Å². The third-order valence-electron chi connectivity index (χ3n) is 3.81. The number of hydrogen-bond acceptors (Lipinski definition) is 2. The second-order valence-corrected chi connectivity index (χ2v) is 5.41. The molecule has 1 N–H and O–H groups in total. The van der Waals surface area contributed by atoms with Gasteiger partial charge in [-0.3, -0.25) is 4.79 Å². The molecule has 0 saturated heterocycles. The highest BCUT2D eigenvalue weighted by molar-refractivity contribution is 6.00. The van der Waals surface area contributed by atoms with Gasteiger partial charge in [-0.25, -0.2) is 0 Å². The molecule has 1 atom stereocenters.